The molecule has 2 fully saturated rings. The molecular formula is C11H15NO. The van der Waals surface area contributed by atoms with Crippen molar-refractivity contribution in [2.45, 2.75) is 44.2 Å². The standard InChI is InChI=1S/C11H15NO/c1-2-6-12-9-4-3-5-10(12)8-11(13)7-9/h1,9-10H,3-8H2. The van der Waals surface area contributed by atoms with Crippen molar-refractivity contribution in [2.24, 2.45) is 0 Å². The summed E-state index contributed by atoms with van der Waals surface area (Å²) < 4.78 is 0. The van der Waals surface area contributed by atoms with Gasteiger partial charge in [-0.25, -0.2) is 0 Å². The number of fused-ring (bicyclic) bond motifs is 2. The topological polar surface area (TPSA) is 20.3 Å². The minimum absolute atomic E-state index is 0.433. The number of nitrogens with zero attached hydrogens (tertiary/aromatic N) is 1. The Morgan fingerprint density at radius 1 is 1.38 bits per heavy atom. The molecule has 2 aliphatic heterocycles. The van der Waals surface area contributed by atoms with Gasteiger partial charge in [0.2, 0.25) is 0 Å². The third-order valence-electron chi connectivity index (χ3n) is 3.21. The fourth-order valence-electron chi connectivity index (χ4n) is 2.63. The SMILES string of the molecule is C#CCN1C2CCCC1CC(=O)C2. The van der Waals surface area contributed by atoms with Gasteiger partial charge in [0.25, 0.3) is 0 Å². The largest absolute Gasteiger partial charge is 0.300 e. The zero-order valence-corrected chi connectivity index (χ0v) is 7.83. The molecule has 0 aromatic carbocycles. The Kier molecular flexibility index (Phi) is 2.37. The summed E-state index contributed by atoms with van der Waals surface area (Å²) in [5.74, 6) is 3.13. The number of carbonyl (C=O) groups is 1. The highest BCUT2D eigenvalue weighted by Gasteiger charge is 2.36. The van der Waals surface area contributed by atoms with E-state index >= 15 is 0 Å². The van der Waals surface area contributed by atoms with Gasteiger partial charge in [0, 0.05) is 24.9 Å². The van der Waals surface area contributed by atoms with Crippen LogP contribution >= 0.6 is 0 Å². The highest BCUT2D eigenvalue weighted by molar-refractivity contribution is 5.80. The van der Waals surface area contributed by atoms with Crippen molar-refractivity contribution < 1.29 is 4.79 Å². The van der Waals surface area contributed by atoms with Gasteiger partial charge in [0.05, 0.1) is 6.54 Å². The maximum absolute atomic E-state index is 11.3. The molecule has 0 saturated carbocycles. The van der Waals surface area contributed by atoms with Crippen LogP contribution in [0.15, 0.2) is 0 Å². The number of rotatable bonds is 1. The zero-order chi connectivity index (χ0) is 9.26. The van der Waals surface area contributed by atoms with Crippen LogP contribution in [0.1, 0.15) is 32.1 Å². The summed E-state index contributed by atoms with van der Waals surface area (Å²) in [6.07, 6.45) is 10.4. The Morgan fingerprint density at radius 2 is 2.00 bits per heavy atom. The van der Waals surface area contributed by atoms with Crippen LogP contribution in [0.3, 0.4) is 0 Å². The van der Waals surface area contributed by atoms with Crippen LogP contribution in [0.5, 0.6) is 0 Å². The summed E-state index contributed by atoms with van der Waals surface area (Å²) in [5, 5.41) is 0. The maximum atomic E-state index is 11.3. The second kappa shape index (κ2) is 3.51. The van der Waals surface area contributed by atoms with Crippen molar-refractivity contribution in [2.75, 3.05) is 6.54 Å². The molecule has 2 rings (SSSR count). The fraction of sp³-hybridized carbons (Fsp3) is 0.727. The van der Waals surface area contributed by atoms with Gasteiger partial charge in [0.15, 0.2) is 0 Å². The van der Waals surface area contributed by atoms with Crippen molar-refractivity contribution in [3.63, 3.8) is 0 Å². The van der Waals surface area contributed by atoms with Crippen molar-refractivity contribution in [1.29, 1.82) is 0 Å². The minimum atomic E-state index is 0.433. The van der Waals surface area contributed by atoms with Crippen molar-refractivity contribution in [3.8, 4) is 12.3 Å². The normalized spacial score (nSPS) is 34.2. The number of hydrogen-bond acceptors (Lipinski definition) is 2. The first kappa shape index (κ1) is 8.77. The van der Waals surface area contributed by atoms with Crippen molar-refractivity contribution in [3.05, 3.63) is 0 Å². The van der Waals surface area contributed by atoms with E-state index in [1.807, 2.05) is 0 Å². The number of piperidine rings is 2. The van der Waals surface area contributed by atoms with E-state index in [0.29, 0.717) is 17.9 Å². The molecular weight excluding hydrogens is 162 g/mol. The van der Waals surface area contributed by atoms with Gasteiger partial charge in [-0.2, -0.15) is 0 Å². The Hall–Kier alpha value is -0.810. The zero-order valence-electron chi connectivity index (χ0n) is 7.83. The van der Waals surface area contributed by atoms with E-state index in [0.717, 1.165) is 32.2 Å². The second-order valence-electron chi connectivity index (χ2n) is 4.06. The molecule has 2 bridgehead atoms. The number of ketones is 1. The smallest absolute Gasteiger partial charge is 0.136 e. The molecule has 0 aromatic rings. The van der Waals surface area contributed by atoms with Gasteiger partial charge in [-0.05, 0) is 12.8 Å². The molecule has 70 valence electrons. The van der Waals surface area contributed by atoms with E-state index in [1.54, 1.807) is 0 Å². The van der Waals surface area contributed by atoms with Gasteiger partial charge in [0.1, 0.15) is 5.78 Å². The van der Waals surface area contributed by atoms with Crippen molar-refractivity contribution in [1.82, 2.24) is 4.90 Å². The van der Waals surface area contributed by atoms with Crippen LogP contribution in [0.2, 0.25) is 0 Å². The van der Waals surface area contributed by atoms with Crippen LogP contribution in [0, 0.1) is 12.3 Å². The Labute approximate surface area is 79.3 Å². The summed E-state index contributed by atoms with van der Waals surface area (Å²) in [6, 6.07) is 0.909. The van der Waals surface area contributed by atoms with Gasteiger partial charge < -0.3 is 0 Å². The lowest BCUT2D eigenvalue weighted by molar-refractivity contribution is -0.126. The van der Waals surface area contributed by atoms with E-state index in [2.05, 4.69) is 10.8 Å². The van der Waals surface area contributed by atoms with Gasteiger partial charge in [-0.1, -0.05) is 12.3 Å². The molecule has 0 N–H and O–H groups in total. The number of hydrogen-bond donors (Lipinski definition) is 0. The minimum Gasteiger partial charge on any atom is -0.300 e. The molecule has 0 aliphatic carbocycles. The van der Waals surface area contributed by atoms with E-state index in [9.17, 15) is 4.79 Å². The molecule has 2 atom stereocenters. The Balaban J connectivity index is 2.11. The highest BCUT2D eigenvalue weighted by atomic mass is 16.1. The quantitative estimate of drug-likeness (QED) is 0.561. The lowest BCUT2D eigenvalue weighted by atomic mass is 9.84. The molecule has 2 unspecified atom stereocenters. The molecule has 0 radical (unpaired) electrons. The summed E-state index contributed by atoms with van der Waals surface area (Å²) in [4.78, 5) is 13.7. The summed E-state index contributed by atoms with van der Waals surface area (Å²) >= 11 is 0. The highest BCUT2D eigenvalue weighted by Crippen LogP contribution is 2.31. The van der Waals surface area contributed by atoms with Crippen LogP contribution in [-0.4, -0.2) is 29.3 Å². The van der Waals surface area contributed by atoms with Gasteiger partial charge in [-0.3, -0.25) is 9.69 Å². The molecule has 2 nitrogen and oxygen atoms in total. The van der Waals surface area contributed by atoms with E-state index in [-0.39, 0.29) is 0 Å². The predicted octanol–water partition coefficient (Wildman–Crippen LogP) is 1.21. The molecule has 2 aliphatic rings. The van der Waals surface area contributed by atoms with E-state index in [1.165, 1.54) is 6.42 Å². The first-order valence-electron chi connectivity index (χ1n) is 5.02. The fourth-order valence-corrected chi connectivity index (χ4v) is 2.63. The average Bonchev–Trinajstić information content (AvgIpc) is 2.07. The third-order valence-corrected chi connectivity index (χ3v) is 3.21. The van der Waals surface area contributed by atoms with Gasteiger partial charge >= 0.3 is 0 Å². The van der Waals surface area contributed by atoms with Crippen LogP contribution in [0.4, 0.5) is 0 Å². The van der Waals surface area contributed by atoms with Crippen molar-refractivity contribution >= 4 is 5.78 Å². The first-order valence-corrected chi connectivity index (χ1v) is 5.02. The van der Waals surface area contributed by atoms with E-state index in [4.69, 9.17) is 6.42 Å². The number of carbonyl (C=O) groups excluding carboxylic acids is 1. The van der Waals surface area contributed by atoms with Crippen LogP contribution < -0.4 is 0 Å². The third kappa shape index (κ3) is 1.62. The maximum Gasteiger partial charge on any atom is 0.136 e. The van der Waals surface area contributed by atoms with Crippen LogP contribution in [-0.2, 0) is 4.79 Å². The molecule has 0 amide bonds. The Bertz CT molecular complexity index is 237. The predicted molar refractivity (Wildman–Crippen MR) is 51.2 cm³/mol. The van der Waals surface area contributed by atoms with Crippen LogP contribution in [0.25, 0.3) is 0 Å². The summed E-state index contributed by atoms with van der Waals surface area (Å²) in [6.45, 7) is 0.725. The molecule has 2 heteroatoms. The van der Waals surface area contributed by atoms with E-state index < -0.39 is 0 Å². The second-order valence-corrected chi connectivity index (χ2v) is 4.06. The molecule has 0 aromatic heterocycles. The van der Waals surface area contributed by atoms with Gasteiger partial charge in [-0.15, -0.1) is 6.42 Å². The summed E-state index contributed by atoms with van der Waals surface area (Å²) in [5.41, 5.74) is 0. The first-order chi connectivity index (χ1) is 6.31. The number of Topliss-reactive ketones (excluding diaryl/α,β-unsaturated/α-hetero) is 1. The monoisotopic (exact) mass is 177 g/mol. The molecule has 0 spiro atoms. The number of terminal acetylenes is 1. The molecule has 13 heavy (non-hydrogen) atoms. The molecule has 2 saturated heterocycles. The lowest BCUT2D eigenvalue weighted by Gasteiger charge is -2.44. The molecule has 2 heterocycles. The lowest BCUT2D eigenvalue weighted by Crippen LogP contribution is -2.52. The average molecular weight is 177 g/mol. The Morgan fingerprint density at radius 3 is 2.54 bits per heavy atom. The summed E-state index contributed by atoms with van der Waals surface area (Å²) in [7, 11) is 0.